The Bertz CT molecular complexity index is 1120. The summed E-state index contributed by atoms with van der Waals surface area (Å²) in [5.41, 5.74) is 3.01. The van der Waals surface area contributed by atoms with Crippen molar-refractivity contribution in [3.8, 4) is 23.0 Å². The van der Waals surface area contributed by atoms with Gasteiger partial charge in [-0.2, -0.15) is 0 Å². The second-order valence-electron chi connectivity index (χ2n) is 8.33. The van der Waals surface area contributed by atoms with E-state index in [1.54, 1.807) is 43.0 Å². The average Bonchev–Trinajstić information content (AvgIpc) is 3.21. The Balaban J connectivity index is 1.44. The molecule has 0 fully saturated rings. The molecule has 8 heteroatoms. The van der Waals surface area contributed by atoms with Crippen molar-refractivity contribution in [2.45, 2.75) is 32.7 Å². The number of rotatable bonds is 3. The van der Waals surface area contributed by atoms with E-state index in [0.717, 1.165) is 24.1 Å². The molecule has 1 N–H and O–H groups in total. The lowest BCUT2D eigenvalue weighted by Gasteiger charge is -2.36. The predicted molar refractivity (Wildman–Crippen MR) is 108 cm³/mol. The zero-order valence-corrected chi connectivity index (χ0v) is 16.8. The van der Waals surface area contributed by atoms with Crippen molar-refractivity contribution in [2.24, 2.45) is 5.41 Å². The van der Waals surface area contributed by atoms with E-state index >= 15 is 0 Å². The van der Waals surface area contributed by atoms with Crippen LogP contribution in [-0.4, -0.2) is 32.6 Å². The number of benzene rings is 1. The minimum Gasteiger partial charge on any atom is -0.454 e. The van der Waals surface area contributed by atoms with Crippen LogP contribution in [0.15, 0.2) is 43.0 Å². The number of aromatic nitrogens is 4. The summed E-state index contributed by atoms with van der Waals surface area (Å²) in [5.74, 6) is 1.62. The van der Waals surface area contributed by atoms with Crippen LogP contribution in [0.25, 0.3) is 11.5 Å². The molecule has 152 valence electrons. The highest BCUT2D eigenvalue weighted by Gasteiger charge is 2.35. The maximum Gasteiger partial charge on any atom is 0.251 e. The minimum atomic E-state index is -0.183. The van der Waals surface area contributed by atoms with E-state index in [2.05, 4.69) is 34.1 Å². The molecule has 0 saturated heterocycles. The fourth-order valence-electron chi connectivity index (χ4n) is 3.99. The molecular weight excluding hydrogens is 382 g/mol. The summed E-state index contributed by atoms with van der Waals surface area (Å²) >= 11 is 0. The Morgan fingerprint density at radius 1 is 1.13 bits per heavy atom. The SMILES string of the molecule is CC1(C)Cc2nc(-c3cnccn3)ncc2C(NC(=O)c2ccc3c(c2)OCO3)C1. The molecule has 0 radical (unpaired) electrons. The second kappa shape index (κ2) is 7.05. The molecule has 3 aromatic rings. The summed E-state index contributed by atoms with van der Waals surface area (Å²) in [6, 6.07) is 5.02. The third kappa shape index (κ3) is 3.45. The third-order valence-electron chi connectivity index (χ3n) is 5.41. The number of carbonyl (C=O) groups is 1. The summed E-state index contributed by atoms with van der Waals surface area (Å²) in [6.45, 7) is 4.54. The normalized spacial score (nSPS) is 18.5. The van der Waals surface area contributed by atoms with Crippen LogP contribution in [0, 0.1) is 5.41 Å². The number of ether oxygens (including phenoxy) is 2. The van der Waals surface area contributed by atoms with E-state index in [4.69, 9.17) is 14.5 Å². The van der Waals surface area contributed by atoms with Gasteiger partial charge in [0.15, 0.2) is 17.3 Å². The first kappa shape index (κ1) is 18.5. The molecule has 8 nitrogen and oxygen atoms in total. The van der Waals surface area contributed by atoms with E-state index < -0.39 is 0 Å². The van der Waals surface area contributed by atoms with Gasteiger partial charge in [0.1, 0.15) is 5.69 Å². The molecule has 0 bridgehead atoms. The lowest BCUT2D eigenvalue weighted by Crippen LogP contribution is -2.37. The summed E-state index contributed by atoms with van der Waals surface area (Å²) < 4.78 is 10.7. The van der Waals surface area contributed by atoms with Crippen molar-refractivity contribution in [1.82, 2.24) is 25.3 Å². The van der Waals surface area contributed by atoms with Crippen LogP contribution in [0.4, 0.5) is 0 Å². The quantitative estimate of drug-likeness (QED) is 0.717. The van der Waals surface area contributed by atoms with Gasteiger partial charge in [-0.1, -0.05) is 13.8 Å². The number of amides is 1. The number of nitrogens with zero attached hydrogens (tertiary/aromatic N) is 4. The predicted octanol–water partition coefficient (Wildman–Crippen LogP) is 3.11. The molecule has 1 unspecified atom stereocenters. The standard InChI is InChI=1S/C22H21N5O3/c1-22(2)8-15-14(10-25-20(26-15)17-11-23-5-6-24-17)16(9-22)27-21(28)13-3-4-18-19(7-13)30-12-29-18/h3-7,10-11,16H,8-9,12H2,1-2H3,(H,27,28). The second-order valence-corrected chi connectivity index (χ2v) is 8.33. The van der Waals surface area contributed by atoms with Gasteiger partial charge in [-0.3, -0.25) is 9.78 Å². The largest absolute Gasteiger partial charge is 0.454 e. The topological polar surface area (TPSA) is 99.1 Å². The molecule has 1 aliphatic heterocycles. The molecule has 2 aromatic heterocycles. The van der Waals surface area contributed by atoms with Gasteiger partial charge >= 0.3 is 0 Å². The van der Waals surface area contributed by atoms with Crippen molar-refractivity contribution in [3.63, 3.8) is 0 Å². The highest BCUT2D eigenvalue weighted by molar-refractivity contribution is 5.95. The van der Waals surface area contributed by atoms with Crippen molar-refractivity contribution >= 4 is 5.91 Å². The fraction of sp³-hybridized carbons (Fsp3) is 0.318. The van der Waals surface area contributed by atoms with E-state index in [-0.39, 0.29) is 24.2 Å². The zero-order chi connectivity index (χ0) is 20.7. The van der Waals surface area contributed by atoms with E-state index in [1.165, 1.54) is 0 Å². The first-order valence-electron chi connectivity index (χ1n) is 9.81. The van der Waals surface area contributed by atoms with Gasteiger partial charge in [-0.15, -0.1) is 0 Å². The maximum atomic E-state index is 13.0. The summed E-state index contributed by atoms with van der Waals surface area (Å²) in [6.07, 6.45) is 8.28. The lowest BCUT2D eigenvalue weighted by atomic mass is 9.74. The van der Waals surface area contributed by atoms with E-state index in [9.17, 15) is 4.79 Å². The monoisotopic (exact) mass is 403 g/mol. The smallest absolute Gasteiger partial charge is 0.251 e. The number of hydrogen-bond acceptors (Lipinski definition) is 7. The molecule has 0 saturated carbocycles. The van der Waals surface area contributed by atoms with Crippen molar-refractivity contribution in [3.05, 3.63) is 59.8 Å². The van der Waals surface area contributed by atoms with Crippen LogP contribution in [0.5, 0.6) is 11.5 Å². The molecular formula is C22H21N5O3. The van der Waals surface area contributed by atoms with Gasteiger partial charge in [0.2, 0.25) is 6.79 Å². The molecule has 0 spiro atoms. The van der Waals surface area contributed by atoms with Gasteiger partial charge < -0.3 is 14.8 Å². The minimum absolute atomic E-state index is 0.0200. The molecule has 1 aliphatic carbocycles. The van der Waals surface area contributed by atoms with Gasteiger partial charge in [-0.25, -0.2) is 15.0 Å². The Hall–Kier alpha value is -3.55. The molecule has 3 heterocycles. The number of fused-ring (bicyclic) bond motifs is 2. The van der Waals surface area contributed by atoms with Crippen LogP contribution in [0.1, 0.15) is 47.9 Å². The number of hydrogen-bond donors (Lipinski definition) is 1. The highest BCUT2D eigenvalue weighted by Crippen LogP contribution is 2.40. The molecule has 1 amide bonds. The van der Waals surface area contributed by atoms with Crippen molar-refractivity contribution in [1.29, 1.82) is 0 Å². The Labute approximate surface area is 173 Å². The summed E-state index contributed by atoms with van der Waals surface area (Å²) in [4.78, 5) is 30.6. The third-order valence-corrected chi connectivity index (χ3v) is 5.41. The summed E-state index contributed by atoms with van der Waals surface area (Å²) in [5, 5.41) is 3.15. The first-order chi connectivity index (χ1) is 14.5. The van der Waals surface area contributed by atoms with Gasteiger partial charge in [0.05, 0.1) is 17.9 Å². The zero-order valence-electron chi connectivity index (χ0n) is 16.8. The van der Waals surface area contributed by atoms with Crippen LogP contribution in [-0.2, 0) is 6.42 Å². The van der Waals surface area contributed by atoms with Crippen LogP contribution >= 0.6 is 0 Å². The van der Waals surface area contributed by atoms with Crippen LogP contribution < -0.4 is 14.8 Å². The highest BCUT2D eigenvalue weighted by atomic mass is 16.7. The summed E-state index contributed by atoms with van der Waals surface area (Å²) in [7, 11) is 0. The Morgan fingerprint density at radius 3 is 2.83 bits per heavy atom. The van der Waals surface area contributed by atoms with Gasteiger partial charge in [0.25, 0.3) is 5.91 Å². The Kier molecular flexibility index (Phi) is 4.34. The average molecular weight is 403 g/mol. The first-order valence-corrected chi connectivity index (χ1v) is 9.81. The van der Waals surface area contributed by atoms with Gasteiger partial charge in [-0.05, 0) is 36.5 Å². The molecule has 1 atom stereocenters. The molecule has 5 rings (SSSR count). The van der Waals surface area contributed by atoms with E-state index in [0.29, 0.717) is 28.6 Å². The molecule has 1 aromatic carbocycles. The molecule has 30 heavy (non-hydrogen) atoms. The molecule has 2 aliphatic rings. The fourth-order valence-corrected chi connectivity index (χ4v) is 3.99. The number of nitrogens with one attached hydrogen (secondary N) is 1. The van der Waals surface area contributed by atoms with Crippen LogP contribution in [0.2, 0.25) is 0 Å². The lowest BCUT2D eigenvalue weighted by molar-refractivity contribution is 0.0918. The maximum absolute atomic E-state index is 13.0. The number of carbonyl (C=O) groups excluding carboxylic acids is 1. The van der Waals surface area contributed by atoms with Gasteiger partial charge in [0, 0.05) is 29.7 Å². The van der Waals surface area contributed by atoms with E-state index in [1.807, 2.05) is 0 Å². The van der Waals surface area contributed by atoms with Crippen molar-refractivity contribution in [2.75, 3.05) is 6.79 Å². The Morgan fingerprint density at radius 2 is 2.00 bits per heavy atom. The van der Waals surface area contributed by atoms with Crippen LogP contribution in [0.3, 0.4) is 0 Å². The van der Waals surface area contributed by atoms with Crippen molar-refractivity contribution < 1.29 is 14.3 Å².